The van der Waals surface area contributed by atoms with Crippen molar-refractivity contribution in [1.82, 2.24) is 5.32 Å². The van der Waals surface area contributed by atoms with E-state index in [1.165, 1.54) is 6.07 Å². The van der Waals surface area contributed by atoms with Gasteiger partial charge in [-0.05, 0) is 60.8 Å². The molecule has 1 fully saturated rings. The van der Waals surface area contributed by atoms with E-state index in [0.29, 0.717) is 28.9 Å². The second kappa shape index (κ2) is 10.2. The number of nitrogens with one attached hydrogen (secondary N) is 1. The van der Waals surface area contributed by atoms with Crippen LogP contribution in [-0.4, -0.2) is 24.5 Å². The summed E-state index contributed by atoms with van der Waals surface area (Å²) < 4.78 is 44.5. The third-order valence-corrected chi connectivity index (χ3v) is 6.08. The molecule has 186 valence electrons. The van der Waals surface area contributed by atoms with E-state index < -0.39 is 29.6 Å². The highest BCUT2D eigenvalue weighted by molar-refractivity contribution is 5.98. The first-order valence-corrected chi connectivity index (χ1v) is 11.6. The minimum absolute atomic E-state index is 0.0787. The van der Waals surface area contributed by atoms with Crippen LogP contribution in [0, 0.1) is 23.0 Å². The quantitative estimate of drug-likeness (QED) is 0.283. The maximum absolute atomic E-state index is 14.2. The molecule has 1 saturated heterocycles. The van der Waals surface area contributed by atoms with E-state index in [1.54, 1.807) is 54.6 Å². The first-order valence-electron chi connectivity index (χ1n) is 11.6. The zero-order valence-corrected chi connectivity index (χ0v) is 19.4. The number of benzene rings is 3. The first-order chi connectivity index (χ1) is 17.9. The van der Waals surface area contributed by atoms with Crippen LogP contribution in [0.5, 0.6) is 5.75 Å². The van der Waals surface area contributed by atoms with Crippen molar-refractivity contribution >= 4 is 22.9 Å². The smallest absolute Gasteiger partial charge is 0.345 e. The highest BCUT2D eigenvalue weighted by Gasteiger charge is 2.26. The van der Waals surface area contributed by atoms with E-state index in [9.17, 15) is 18.4 Å². The predicted octanol–water partition coefficient (Wildman–Crippen LogP) is 5.26. The summed E-state index contributed by atoms with van der Waals surface area (Å²) >= 11 is 0. The predicted molar refractivity (Wildman–Crippen MR) is 129 cm³/mol. The Hall–Kier alpha value is -4.55. The Kier molecular flexibility index (Phi) is 6.66. The van der Waals surface area contributed by atoms with Crippen molar-refractivity contribution in [3.8, 4) is 22.9 Å². The number of rotatable bonds is 6. The van der Waals surface area contributed by atoms with Crippen LogP contribution in [-0.2, 0) is 16.1 Å². The molecule has 1 aromatic heterocycles. The molecular weight excluding hydrogens is 482 g/mol. The van der Waals surface area contributed by atoms with Gasteiger partial charge in [-0.2, -0.15) is 5.26 Å². The number of fused-ring (bicyclic) bond motifs is 1. The number of ether oxygens (including phenoxy) is 2. The molecule has 0 unspecified atom stereocenters. The normalized spacial score (nSPS) is 14.9. The molecule has 0 radical (unpaired) electrons. The molecule has 0 bridgehead atoms. The van der Waals surface area contributed by atoms with Crippen LogP contribution < -0.4 is 10.1 Å². The van der Waals surface area contributed by atoms with Gasteiger partial charge >= 0.3 is 11.9 Å². The summed E-state index contributed by atoms with van der Waals surface area (Å²) in [6, 6.07) is 16.7. The summed E-state index contributed by atoms with van der Waals surface area (Å²) in [7, 11) is 0. The van der Waals surface area contributed by atoms with Crippen LogP contribution in [0.4, 0.5) is 8.78 Å². The Morgan fingerprint density at radius 3 is 2.65 bits per heavy atom. The molecule has 1 aliphatic heterocycles. The summed E-state index contributed by atoms with van der Waals surface area (Å²) in [4.78, 5) is 24.5. The summed E-state index contributed by atoms with van der Waals surface area (Å²) in [5, 5.41) is 12.0. The molecule has 9 heteroatoms. The van der Waals surface area contributed by atoms with Crippen LogP contribution in [0.2, 0.25) is 0 Å². The van der Waals surface area contributed by atoms with Crippen molar-refractivity contribution in [3.63, 3.8) is 0 Å². The van der Waals surface area contributed by atoms with Crippen molar-refractivity contribution in [1.29, 1.82) is 5.26 Å². The van der Waals surface area contributed by atoms with E-state index in [-0.39, 0.29) is 28.9 Å². The van der Waals surface area contributed by atoms with Crippen LogP contribution in [0.1, 0.15) is 34.5 Å². The molecule has 37 heavy (non-hydrogen) atoms. The average molecular weight is 502 g/mol. The first kappa shape index (κ1) is 24.2. The van der Waals surface area contributed by atoms with Gasteiger partial charge in [-0.3, -0.25) is 0 Å². The molecule has 0 aliphatic carbocycles. The van der Waals surface area contributed by atoms with Crippen LogP contribution in [0.15, 0.2) is 65.1 Å². The van der Waals surface area contributed by atoms with Crippen LogP contribution >= 0.6 is 0 Å². The lowest BCUT2D eigenvalue weighted by Crippen LogP contribution is -2.33. The fraction of sp³-hybridized carbons (Fsp3) is 0.179. The highest BCUT2D eigenvalue weighted by atomic mass is 19.2. The molecular formula is C28H20F2N2O5. The lowest BCUT2D eigenvalue weighted by Gasteiger charge is -2.10. The van der Waals surface area contributed by atoms with Gasteiger partial charge in [-0.1, -0.05) is 24.3 Å². The van der Waals surface area contributed by atoms with Crippen LogP contribution in [0.25, 0.3) is 22.1 Å². The molecule has 0 saturated carbocycles. The second-order valence-corrected chi connectivity index (χ2v) is 8.56. The number of nitriles is 1. The van der Waals surface area contributed by atoms with Gasteiger partial charge < -0.3 is 19.2 Å². The number of esters is 2. The molecule has 4 aromatic rings. The summed E-state index contributed by atoms with van der Waals surface area (Å²) in [5.74, 6) is -3.05. The van der Waals surface area contributed by atoms with Gasteiger partial charge in [0, 0.05) is 11.6 Å². The average Bonchev–Trinajstić information content (AvgIpc) is 3.61. The third kappa shape index (κ3) is 5.06. The zero-order valence-electron chi connectivity index (χ0n) is 19.4. The van der Waals surface area contributed by atoms with Gasteiger partial charge in [0.2, 0.25) is 5.76 Å². The molecule has 0 spiro atoms. The molecule has 2 heterocycles. The fourth-order valence-corrected chi connectivity index (χ4v) is 4.20. The summed E-state index contributed by atoms with van der Waals surface area (Å²) in [5.41, 5.74) is 1.85. The third-order valence-electron chi connectivity index (χ3n) is 6.08. The van der Waals surface area contributed by atoms with E-state index in [4.69, 9.17) is 19.2 Å². The Labute approximate surface area is 210 Å². The van der Waals surface area contributed by atoms with Crippen LogP contribution in [0.3, 0.4) is 0 Å². The fourth-order valence-electron chi connectivity index (χ4n) is 4.20. The molecule has 3 aromatic carbocycles. The van der Waals surface area contributed by atoms with Crippen molar-refractivity contribution in [3.05, 3.63) is 89.2 Å². The molecule has 0 amide bonds. The molecule has 7 nitrogen and oxygen atoms in total. The summed E-state index contributed by atoms with van der Waals surface area (Å²) in [6.45, 7) is 0.857. The maximum atomic E-state index is 14.2. The largest absolute Gasteiger partial charge is 0.489 e. The number of hydrogen-bond acceptors (Lipinski definition) is 7. The van der Waals surface area contributed by atoms with E-state index >= 15 is 0 Å². The number of halogens is 2. The maximum Gasteiger partial charge on any atom is 0.345 e. The highest BCUT2D eigenvalue weighted by Crippen LogP contribution is 2.35. The van der Waals surface area contributed by atoms with Gasteiger partial charge in [0.25, 0.3) is 0 Å². The Bertz CT molecular complexity index is 1530. The van der Waals surface area contributed by atoms with Gasteiger partial charge in [-0.25, -0.2) is 18.4 Å². The second-order valence-electron chi connectivity index (χ2n) is 8.56. The Morgan fingerprint density at radius 1 is 1.11 bits per heavy atom. The standard InChI is InChI=1S/C28H20F2N2O5/c29-23-13-21(26-22(25(23)30)12-20(14-31)36-26)17-6-8-19(9-7-17)35-15-16-3-1-4-18(11-16)27(33)37-28(34)24-5-2-10-32-24/h1,3-4,6-9,11-13,24,32H,2,5,10,15H2/t24-/m0/s1. The van der Waals surface area contributed by atoms with Crippen molar-refractivity contribution in [2.75, 3.05) is 6.54 Å². The van der Waals surface area contributed by atoms with Gasteiger partial charge in [-0.15, -0.1) is 0 Å². The van der Waals surface area contributed by atoms with Gasteiger partial charge in [0.05, 0.1) is 10.9 Å². The zero-order chi connectivity index (χ0) is 25.9. The van der Waals surface area contributed by atoms with Crippen molar-refractivity contribution in [2.45, 2.75) is 25.5 Å². The van der Waals surface area contributed by atoms with E-state index in [2.05, 4.69) is 5.32 Å². The number of nitrogens with zero attached hydrogens (tertiary/aromatic N) is 1. The van der Waals surface area contributed by atoms with E-state index in [0.717, 1.165) is 19.0 Å². The monoisotopic (exact) mass is 502 g/mol. The number of hydrogen-bond donors (Lipinski definition) is 1. The summed E-state index contributed by atoms with van der Waals surface area (Å²) in [6.07, 6.45) is 1.50. The topological polar surface area (TPSA) is 102 Å². The van der Waals surface area contributed by atoms with Crippen molar-refractivity contribution in [2.24, 2.45) is 0 Å². The van der Waals surface area contributed by atoms with E-state index in [1.807, 2.05) is 0 Å². The molecule has 1 atom stereocenters. The SMILES string of the molecule is N#Cc1cc2c(F)c(F)cc(-c3ccc(OCc4cccc(C(=O)OC(=O)[C@@H]5CCCN5)c4)cc3)c2o1. The molecule has 1 N–H and O–H groups in total. The number of carbonyl (C=O) groups excluding carboxylic acids is 2. The van der Waals surface area contributed by atoms with Gasteiger partial charge in [0.15, 0.2) is 11.6 Å². The Balaban J connectivity index is 1.27. The lowest BCUT2D eigenvalue weighted by molar-refractivity contribution is -0.139. The molecule has 1 aliphatic rings. The lowest BCUT2D eigenvalue weighted by atomic mass is 10.0. The number of furan rings is 1. The minimum atomic E-state index is -1.07. The Morgan fingerprint density at radius 2 is 1.92 bits per heavy atom. The van der Waals surface area contributed by atoms with Gasteiger partial charge in [0.1, 0.15) is 30.1 Å². The van der Waals surface area contributed by atoms with Crippen molar-refractivity contribution < 1.29 is 32.3 Å². The minimum Gasteiger partial charge on any atom is -0.489 e. The molecule has 5 rings (SSSR count). The number of carbonyl (C=O) groups is 2.